The summed E-state index contributed by atoms with van der Waals surface area (Å²) in [5, 5.41) is 0. The van der Waals surface area contributed by atoms with Crippen molar-refractivity contribution >= 4 is 11.8 Å². The van der Waals surface area contributed by atoms with E-state index in [9.17, 15) is 0 Å². The van der Waals surface area contributed by atoms with Crippen LogP contribution in [-0.2, 0) is 0 Å². The van der Waals surface area contributed by atoms with E-state index in [1.807, 2.05) is 11.8 Å². The van der Waals surface area contributed by atoms with Crippen molar-refractivity contribution in [1.29, 1.82) is 0 Å². The monoisotopic (exact) mass is 208 g/mol. The van der Waals surface area contributed by atoms with Crippen LogP contribution in [0.15, 0.2) is 23.1 Å². The zero-order valence-corrected chi connectivity index (χ0v) is 10.3. The lowest BCUT2D eigenvalue weighted by molar-refractivity contribution is 0.778. The first-order valence-corrected chi connectivity index (χ1v) is 6.42. The van der Waals surface area contributed by atoms with Crippen molar-refractivity contribution < 1.29 is 0 Å². The Hall–Kier alpha value is -0.430. The summed E-state index contributed by atoms with van der Waals surface area (Å²) in [6.45, 7) is 6.59. The molecule has 1 rings (SSSR count). The zero-order valence-electron chi connectivity index (χ0n) is 9.47. The summed E-state index contributed by atoms with van der Waals surface area (Å²) in [4.78, 5) is 1.43. The molecule has 0 N–H and O–H groups in total. The second kappa shape index (κ2) is 6.13. The van der Waals surface area contributed by atoms with Crippen molar-refractivity contribution in [1.82, 2.24) is 0 Å². The Bertz CT molecular complexity index is 258. The minimum absolute atomic E-state index is 1.26. The average molecular weight is 208 g/mol. The van der Waals surface area contributed by atoms with Crippen LogP contribution < -0.4 is 0 Å². The van der Waals surface area contributed by atoms with Crippen LogP contribution in [0.4, 0.5) is 0 Å². The van der Waals surface area contributed by atoms with E-state index in [-0.39, 0.29) is 0 Å². The summed E-state index contributed by atoms with van der Waals surface area (Å²) >= 11 is 1.99. The van der Waals surface area contributed by atoms with Gasteiger partial charge in [0.15, 0.2) is 0 Å². The van der Waals surface area contributed by atoms with Gasteiger partial charge in [0, 0.05) is 4.90 Å². The fraction of sp³-hybridized carbons (Fsp3) is 0.538. The van der Waals surface area contributed by atoms with Crippen LogP contribution in [0.1, 0.15) is 37.3 Å². The number of hydrogen-bond acceptors (Lipinski definition) is 1. The van der Waals surface area contributed by atoms with Gasteiger partial charge in [-0.15, -0.1) is 11.8 Å². The lowest BCUT2D eigenvalue weighted by Crippen LogP contribution is -1.83. The van der Waals surface area contributed by atoms with E-state index in [4.69, 9.17) is 0 Å². The van der Waals surface area contributed by atoms with Crippen molar-refractivity contribution in [3.05, 3.63) is 29.3 Å². The molecule has 0 saturated carbocycles. The lowest BCUT2D eigenvalue weighted by Gasteiger charge is -2.04. The van der Waals surface area contributed by atoms with Gasteiger partial charge >= 0.3 is 0 Å². The summed E-state index contributed by atoms with van der Waals surface area (Å²) in [5.74, 6) is 1.26. The summed E-state index contributed by atoms with van der Waals surface area (Å²) in [7, 11) is 0. The zero-order chi connectivity index (χ0) is 10.4. The van der Waals surface area contributed by atoms with Gasteiger partial charge in [0.2, 0.25) is 0 Å². The Kier molecular flexibility index (Phi) is 5.10. The minimum Gasteiger partial charge on any atom is -0.126 e. The normalized spacial score (nSPS) is 10.5. The maximum atomic E-state index is 2.28. The molecule has 0 unspecified atom stereocenters. The van der Waals surface area contributed by atoms with Crippen molar-refractivity contribution in [3.63, 3.8) is 0 Å². The first kappa shape index (κ1) is 11.6. The molecule has 14 heavy (non-hydrogen) atoms. The molecular formula is C13H20S. The van der Waals surface area contributed by atoms with Crippen molar-refractivity contribution in [2.75, 3.05) is 5.75 Å². The van der Waals surface area contributed by atoms with E-state index in [1.165, 1.54) is 41.0 Å². The number of aryl methyl sites for hydroxylation is 2. The van der Waals surface area contributed by atoms with Gasteiger partial charge in [-0.25, -0.2) is 0 Å². The van der Waals surface area contributed by atoms with Crippen LogP contribution in [0, 0.1) is 13.8 Å². The molecule has 1 aromatic carbocycles. The fourth-order valence-electron chi connectivity index (χ4n) is 1.56. The highest BCUT2D eigenvalue weighted by molar-refractivity contribution is 7.99. The van der Waals surface area contributed by atoms with E-state index in [2.05, 4.69) is 39.0 Å². The Morgan fingerprint density at radius 2 is 1.64 bits per heavy atom. The molecule has 0 fully saturated rings. The smallest absolute Gasteiger partial charge is 0.00772 e. The molecule has 0 bridgehead atoms. The molecule has 1 aromatic rings. The highest BCUT2D eigenvalue weighted by Gasteiger charge is 1.96. The highest BCUT2D eigenvalue weighted by atomic mass is 32.2. The molecule has 0 aliphatic carbocycles. The minimum atomic E-state index is 1.26. The first-order chi connectivity index (χ1) is 6.72. The molecular weight excluding hydrogens is 188 g/mol. The number of thioether (sulfide) groups is 1. The van der Waals surface area contributed by atoms with E-state index >= 15 is 0 Å². The van der Waals surface area contributed by atoms with Crippen molar-refractivity contribution in [3.8, 4) is 0 Å². The van der Waals surface area contributed by atoms with E-state index < -0.39 is 0 Å². The Morgan fingerprint density at radius 1 is 1.00 bits per heavy atom. The molecule has 0 aliphatic heterocycles. The largest absolute Gasteiger partial charge is 0.126 e. The van der Waals surface area contributed by atoms with Gasteiger partial charge in [0.05, 0.1) is 0 Å². The lowest BCUT2D eigenvalue weighted by atomic mass is 10.2. The van der Waals surface area contributed by atoms with Gasteiger partial charge < -0.3 is 0 Å². The molecule has 0 atom stereocenters. The van der Waals surface area contributed by atoms with E-state index in [0.29, 0.717) is 0 Å². The van der Waals surface area contributed by atoms with Gasteiger partial charge in [-0.3, -0.25) is 0 Å². The van der Waals surface area contributed by atoms with E-state index in [1.54, 1.807) is 0 Å². The molecule has 0 heterocycles. The van der Waals surface area contributed by atoms with Crippen LogP contribution in [0.2, 0.25) is 0 Å². The molecule has 78 valence electrons. The Labute approximate surface area is 92.1 Å². The maximum absolute atomic E-state index is 2.28. The van der Waals surface area contributed by atoms with Gasteiger partial charge in [0.1, 0.15) is 0 Å². The standard InChI is InChI=1S/C13H20S/c1-4-5-6-7-14-13-9-11(2)8-12(3)10-13/h8-10H,4-7H2,1-3H3. The molecule has 0 saturated heterocycles. The SMILES string of the molecule is CCCCCSc1cc(C)cc(C)c1. The van der Waals surface area contributed by atoms with Crippen LogP contribution in [0.25, 0.3) is 0 Å². The van der Waals surface area contributed by atoms with E-state index in [0.717, 1.165) is 0 Å². The fourth-order valence-corrected chi connectivity index (χ4v) is 2.68. The molecule has 0 nitrogen and oxygen atoms in total. The summed E-state index contributed by atoms with van der Waals surface area (Å²) < 4.78 is 0. The third kappa shape index (κ3) is 4.19. The molecule has 0 aliphatic rings. The van der Waals surface area contributed by atoms with Gasteiger partial charge in [0.25, 0.3) is 0 Å². The van der Waals surface area contributed by atoms with Gasteiger partial charge in [-0.05, 0) is 49.3 Å². The first-order valence-electron chi connectivity index (χ1n) is 5.43. The molecule has 0 aromatic heterocycles. The van der Waals surface area contributed by atoms with Crippen molar-refractivity contribution in [2.24, 2.45) is 0 Å². The second-order valence-corrected chi connectivity index (χ2v) is 5.05. The van der Waals surface area contributed by atoms with Crippen LogP contribution in [0.5, 0.6) is 0 Å². The summed E-state index contributed by atoms with van der Waals surface area (Å²) in [5.41, 5.74) is 2.76. The Morgan fingerprint density at radius 3 is 2.21 bits per heavy atom. The quantitative estimate of drug-likeness (QED) is 0.504. The van der Waals surface area contributed by atoms with Crippen LogP contribution >= 0.6 is 11.8 Å². The molecule has 0 spiro atoms. The second-order valence-electron chi connectivity index (χ2n) is 3.88. The molecule has 0 radical (unpaired) electrons. The third-order valence-corrected chi connectivity index (χ3v) is 3.27. The van der Waals surface area contributed by atoms with Crippen LogP contribution in [0.3, 0.4) is 0 Å². The molecule has 0 amide bonds. The van der Waals surface area contributed by atoms with Crippen LogP contribution in [-0.4, -0.2) is 5.75 Å². The third-order valence-electron chi connectivity index (χ3n) is 2.21. The van der Waals surface area contributed by atoms with Gasteiger partial charge in [-0.2, -0.15) is 0 Å². The summed E-state index contributed by atoms with van der Waals surface area (Å²) in [6, 6.07) is 6.79. The van der Waals surface area contributed by atoms with Gasteiger partial charge in [-0.1, -0.05) is 25.8 Å². The predicted molar refractivity (Wildman–Crippen MR) is 66.2 cm³/mol. The predicted octanol–water partition coefficient (Wildman–Crippen LogP) is 4.59. The Balaban J connectivity index is 2.42. The number of benzene rings is 1. The number of rotatable bonds is 5. The topological polar surface area (TPSA) is 0 Å². The average Bonchev–Trinajstić information content (AvgIpc) is 2.11. The highest BCUT2D eigenvalue weighted by Crippen LogP contribution is 2.22. The number of hydrogen-bond donors (Lipinski definition) is 0. The van der Waals surface area contributed by atoms with Crippen molar-refractivity contribution in [2.45, 2.75) is 44.9 Å². The summed E-state index contributed by atoms with van der Waals surface area (Å²) in [6.07, 6.45) is 4.01. The number of unbranched alkanes of at least 4 members (excludes halogenated alkanes) is 2. The maximum Gasteiger partial charge on any atom is 0.00772 e. The molecule has 1 heteroatoms.